The van der Waals surface area contributed by atoms with Gasteiger partial charge in [-0.1, -0.05) is 6.92 Å². The van der Waals surface area contributed by atoms with Crippen LogP contribution in [0, 0.1) is 17.2 Å². The molecule has 12 heavy (non-hydrogen) atoms. The Labute approximate surface area is 73.6 Å². The topological polar surface area (TPSA) is 47.3 Å². The van der Waals surface area contributed by atoms with Gasteiger partial charge in [0.2, 0.25) is 0 Å². The molecular formula is C9H16N2O. The number of hydrogen-bond acceptors (Lipinski definition) is 3. The first-order valence-corrected chi connectivity index (χ1v) is 4.43. The van der Waals surface area contributed by atoms with Gasteiger partial charge in [-0.3, -0.25) is 0 Å². The Morgan fingerprint density at radius 2 is 2.42 bits per heavy atom. The predicted molar refractivity (Wildman–Crippen MR) is 46.5 cm³/mol. The molecule has 68 valence electrons. The Bertz CT molecular complexity index is 199. The molecule has 0 saturated carbocycles. The fourth-order valence-corrected chi connectivity index (χ4v) is 1.89. The van der Waals surface area contributed by atoms with Gasteiger partial charge in [0.15, 0.2) is 0 Å². The van der Waals surface area contributed by atoms with Crippen LogP contribution in [0.25, 0.3) is 0 Å². The van der Waals surface area contributed by atoms with E-state index in [1.165, 1.54) is 0 Å². The van der Waals surface area contributed by atoms with Crippen LogP contribution in [-0.2, 0) is 0 Å². The van der Waals surface area contributed by atoms with E-state index < -0.39 is 5.60 Å². The van der Waals surface area contributed by atoms with Crippen LogP contribution in [-0.4, -0.2) is 35.7 Å². The zero-order valence-electron chi connectivity index (χ0n) is 7.75. The van der Waals surface area contributed by atoms with Gasteiger partial charge < -0.3 is 10.0 Å². The van der Waals surface area contributed by atoms with Gasteiger partial charge in [-0.2, -0.15) is 5.26 Å². The van der Waals surface area contributed by atoms with Crippen molar-refractivity contribution < 1.29 is 5.11 Å². The molecule has 1 aliphatic heterocycles. The van der Waals surface area contributed by atoms with Crippen molar-refractivity contribution >= 4 is 0 Å². The first-order chi connectivity index (χ1) is 5.62. The van der Waals surface area contributed by atoms with Crippen molar-refractivity contribution in [1.29, 1.82) is 5.26 Å². The largest absolute Gasteiger partial charge is 0.387 e. The van der Waals surface area contributed by atoms with E-state index in [2.05, 4.69) is 11.0 Å². The third kappa shape index (κ3) is 1.60. The van der Waals surface area contributed by atoms with Crippen molar-refractivity contribution in [3.63, 3.8) is 0 Å². The van der Waals surface area contributed by atoms with Crippen molar-refractivity contribution in [2.24, 2.45) is 5.92 Å². The van der Waals surface area contributed by atoms with Gasteiger partial charge >= 0.3 is 0 Å². The average molecular weight is 168 g/mol. The highest BCUT2D eigenvalue weighted by Crippen LogP contribution is 2.29. The maximum Gasteiger partial charge on any atom is 0.0943 e. The lowest BCUT2D eigenvalue weighted by Crippen LogP contribution is -2.39. The van der Waals surface area contributed by atoms with Crippen LogP contribution >= 0.6 is 0 Å². The van der Waals surface area contributed by atoms with Crippen molar-refractivity contribution in [3.8, 4) is 6.07 Å². The molecule has 0 amide bonds. The number of hydrogen-bond donors (Lipinski definition) is 1. The van der Waals surface area contributed by atoms with Crippen LogP contribution in [0.5, 0.6) is 0 Å². The highest BCUT2D eigenvalue weighted by atomic mass is 16.3. The van der Waals surface area contributed by atoms with E-state index in [1.54, 1.807) is 0 Å². The molecule has 0 aliphatic carbocycles. The van der Waals surface area contributed by atoms with E-state index in [1.807, 2.05) is 14.0 Å². The highest BCUT2D eigenvalue weighted by Gasteiger charge is 2.40. The quantitative estimate of drug-likeness (QED) is 0.657. The fraction of sp³-hybridized carbons (Fsp3) is 0.889. The van der Waals surface area contributed by atoms with Gasteiger partial charge in [0.05, 0.1) is 17.6 Å². The van der Waals surface area contributed by atoms with Gasteiger partial charge in [0, 0.05) is 13.1 Å². The lowest BCUT2D eigenvalue weighted by atomic mass is 9.86. The maximum atomic E-state index is 10.1. The second kappa shape index (κ2) is 3.42. The van der Waals surface area contributed by atoms with E-state index in [4.69, 9.17) is 5.26 Å². The Morgan fingerprint density at radius 3 is 2.75 bits per heavy atom. The molecule has 0 aromatic rings. The number of nitrogens with zero attached hydrogens (tertiary/aromatic N) is 2. The van der Waals surface area contributed by atoms with Gasteiger partial charge in [-0.15, -0.1) is 0 Å². The molecule has 0 radical (unpaired) electrons. The maximum absolute atomic E-state index is 10.1. The number of β-amino-alcohol motifs (C(OH)–C–C–N with tert-alkyl or cyclic N) is 1. The molecule has 1 heterocycles. The average Bonchev–Trinajstić information content (AvgIpc) is 2.34. The standard InChI is InChI=1S/C9H16N2O/c1-3-8(6-10)9(12)4-5-11(2)7-9/h8,12H,3-5,7H2,1-2H3. The summed E-state index contributed by atoms with van der Waals surface area (Å²) in [6.45, 7) is 3.48. The number of rotatable bonds is 2. The molecular weight excluding hydrogens is 152 g/mol. The number of likely N-dealkylation sites (tertiary alicyclic amines) is 1. The fourth-order valence-electron chi connectivity index (χ4n) is 1.89. The molecule has 1 saturated heterocycles. The Balaban J connectivity index is 2.66. The van der Waals surface area contributed by atoms with Crippen LogP contribution in [0.1, 0.15) is 19.8 Å². The van der Waals surface area contributed by atoms with Gasteiger partial charge in [0.1, 0.15) is 0 Å². The Morgan fingerprint density at radius 1 is 1.75 bits per heavy atom. The van der Waals surface area contributed by atoms with E-state index in [-0.39, 0.29) is 5.92 Å². The first kappa shape index (κ1) is 9.50. The zero-order chi connectivity index (χ0) is 9.19. The molecule has 0 aromatic heterocycles. The molecule has 0 spiro atoms. The summed E-state index contributed by atoms with van der Waals surface area (Å²) < 4.78 is 0. The molecule has 1 fully saturated rings. The summed E-state index contributed by atoms with van der Waals surface area (Å²) in [5.41, 5.74) is -0.752. The summed E-state index contributed by atoms with van der Waals surface area (Å²) in [5.74, 6) is -0.206. The van der Waals surface area contributed by atoms with Gasteiger partial charge in [-0.25, -0.2) is 0 Å². The second-order valence-electron chi connectivity index (χ2n) is 3.68. The SMILES string of the molecule is CCC(C#N)C1(O)CCN(C)C1. The van der Waals surface area contributed by atoms with E-state index >= 15 is 0 Å². The van der Waals surface area contributed by atoms with Crippen LogP contribution in [0.3, 0.4) is 0 Å². The third-order valence-corrected chi connectivity index (χ3v) is 2.68. The molecule has 2 unspecified atom stereocenters. The summed E-state index contributed by atoms with van der Waals surface area (Å²) in [6.07, 6.45) is 1.47. The van der Waals surface area contributed by atoms with E-state index in [9.17, 15) is 5.11 Å². The van der Waals surface area contributed by atoms with Crippen molar-refractivity contribution in [2.45, 2.75) is 25.4 Å². The lowest BCUT2D eigenvalue weighted by molar-refractivity contribution is 0.0126. The minimum Gasteiger partial charge on any atom is -0.387 e. The summed E-state index contributed by atoms with van der Waals surface area (Å²) in [4.78, 5) is 2.07. The third-order valence-electron chi connectivity index (χ3n) is 2.68. The van der Waals surface area contributed by atoms with Crippen LogP contribution in [0.4, 0.5) is 0 Å². The van der Waals surface area contributed by atoms with Crippen molar-refractivity contribution in [2.75, 3.05) is 20.1 Å². The number of likely N-dealkylation sites (N-methyl/N-ethyl adjacent to an activating group) is 1. The smallest absolute Gasteiger partial charge is 0.0943 e. The van der Waals surface area contributed by atoms with Gasteiger partial charge in [0.25, 0.3) is 0 Å². The van der Waals surface area contributed by atoms with Crippen LogP contribution in [0.2, 0.25) is 0 Å². The van der Waals surface area contributed by atoms with Crippen molar-refractivity contribution in [1.82, 2.24) is 4.90 Å². The minimum atomic E-state index is -0.752. The Kier molecular flexibility index (Phi) is 2.71. The normalized spacial score (nSPS) is 33.2. The monoisotopic (exact) mass is 168 g/mol. The van der Waals surface area contributed by atoms with Crippen LogP contribution < -0.4 is 0 Å². The van der Waals surface area contributed by atoms with Crippen LogP contribution in [0.15, 0.2) is 0 Å². The number of aliphatic hydroxyl groups is 1. The summed E-state index contributed by atoms with van der Waals surface area (Å²) in [6, 6.07) is 2.18. The molecule has 3 heteroatoms. The summed E-state index contributed by atoms with van der Waals surface area (Å²) in [7, 11) is 1.97. The van der Waals surface area contributed by atoms with Crippen molar-refractivity contribution in [3.05, 3.63) is 0 Å². The molecule has 1 rings (SSSR count). The summed E-state index contributed by atoms with van der Waals surface area (Å²) >= 11 is 0. The molecule has 3 nitrogen and oxygen atoms in total. The Hall–Kier alpha value is -0.590. The molecule has 2 atom stereocenters. The highest BCUT2D eigenvalue weighted by molar-refractivity contribution is 5.02. The predicted octanol–water partition coefficient (Wildman–Crippen LogP) is 0.603. The molecule has 0 aromatic carbocycles. The van der Waals surface area contributed by atoms with E-state index in [0.29, 0.717) is 6.54 Å². The molecule has 1 aliphatic rings. The first-order valence-electron chi connectivity index (χ1n) is 4.43. The second-order valence-corrected chi connectivity index (χ2v) is 3.68. The molecule has 0 bridgehead atoms. The number of nitriles is 1. The minimum absolute atomic E-state index is 0.206. The summed E-state index contributed by atoms with van der Waals surface area (Å²) in [5, 5.41) is 18.9. The lowest BCUT2D eigenvalue weighted by Gasteiger charge is -2.26. The van der Waals surface area contributed by atoms with E-state index in [0.717, 1.165) is 19.4 Å². The van der Waals surface area contributed by atoms with Gasteiger partial charge in [-0.05, 0) is 19.9 Å². The molecule has 1 N–H and O–H groups in total. The zero-order valence-corrected chi connectivity index (χ0v) is 7.75.